The van der Waals surface area contributed by atoms with Crippen molar-refractivity contribution in [3.8, 4) is 0 Å². The molecular weight excluding hydrogens is 247 g/mol. The third-order valence-corrected chi connectivity index (χ3v) is 2.89. The molecule has 1 aromatic rings. The first-order valence-electron chi connectivity index (χ1n) is 4.53. The molecule has 0 aliphatic rings. The van der Waals surface area contributed by atoms with E-state index >= 15 is 0 Å². The largest absolute Gasteiger partial charge is 0.300 e. The third kappa shape index (κ3) is 3.22. The van der Waals surface area contributed by atoms with Crippen molar-refractivity contribution in [2.24, 2.45) is 0 Å². The number of hydrogen-bond acceptors (Lipinski definition) is 1. The predicted molar refractivity (Wildman–Crippen MR) is 57.7 cm³/mol. The summed E-state index contributed by atoms with van der Waals surface area (Å²) in [7, 11) is 0. The van der Waals surface area contributed by atoms with Gasteiger partial charge in [0.2, 0.25) is 0 Å². The quantitative estimate of drug-likeness (QED) is 0.808. The molecule has 3 heteroatoms. The topological polar surface area (TPSA) is 17.1 Å². The number of hydrogen-bond donors (Lipinski definition) is 0. The Morgan fingerprint density at radius 2 is 2.21 bits per heavy atom. The van der Waals surface area contributed by atoms with Crippen LogP contribution in [-0.4, -0.2) is 5.78 Å². The molecule has 1 aromatic carbocycles. The number of rotatable bonds is 4. The molecule has 0 saturated carbocycles. The van der Waals surface area contributed by atoms with Crippen LogP contribution in [0.4, 0.5) is 4.39 Å². The summed E-state index contributed by atoms with van der Waals surface area (Å²) in [6.45, 7) is 1.57. The van der Waals surface area contributed by atoms with Crippen molar-refractivity contribution in [2.75, 3.05) is 0 Å². The molecule has 14 heavy (non-hydrogen) atoms. The molecule has 0 saturated heterocycles. The zero-order chi connectivity index (χ0) is 10.6. The van der Waals surface area contributed by atoms with Gasteiger partial charge in [0.25, 0.3) is 0 Å². The van der Waals surface area contributed by atoms with Gasteiger partial charge in [-0.1, -0.05) is 12.1 Å². The fourth-order valence-corrected chi connectivity index (χ4v) is 1.73. The van der Waals surface area contributed by atoms with E-state index in [2.05, 4.69) is 15.9 Å². The van der Waals surface area contributed by atoms with Crippen molar-refractivity contribution < 1.29 is 9.18 Å². The smallest absolute Gasteiger partial charge is 0.137 e. The Kier molecular flexibility index (Phi) is 4.26. The molecule has 1 nitrogen and oxygen atoms in total. The zero-order valence-electron chi connectivity index (χ0n) is 8.02. The van der Waals surface area contributed by atoms with E-state index in [9.17, 15) is 9.18 Å². The van der Waals surface area contributed by atoms with Crippen LogP contribution in [0.25, 0.3) is 0 Å². The normalized spacial score (nSPS) is 10.2. The summed E-state index contributed by atoms with van der Waals surface area (Å²) in [5.74, 6) is -0.0668. The second kappa shape index (κ2) is 5.25. The Bertz CT molecular complexity index is 336. The molecule has 0 radical (unpaired) electrons. The van der Waals surface area contributed by atoms with Crippen molar-refractivity contribution in [3.05, 3.63) is 34.1 Å². The van der Waals surface area contributed by atoms with Gasteiger partial charge < -0.3 is 4.79 Å². The highest BCUT2D eigenvalue weighted by Gasteiger charge is 2.04. The zero-order valence-corrected chi connectivity index (χ0v) is 9.60. The highest BCUT2D eigenvalue weighted by Crippen LogP contribution is 2.21. The van der Waals surface area contributed by atoms with Gasteiger partial charge in [-0.3, -0.25) is 0 Å². The van der Waals surface area contributed by atoms with E-state index in [0.29, 0.717) is 10.9 Å². The van der Waals surface area contributed by atoms with Crippen LogP contribution in [0.3, 0.4) is 0 Å². The molecule has 0 aromatic heterocycles. The number of aryl methyl sites for hydroxylation is 1. The number of benzene rings is 1. The van der Waals surface area contributed by atoms with Crippen LogP contribution in [-0.2, 0) is 11.2 Å². The van der Waals surface area contributed by atoms with E-state index in [0.717, 1.165) is 18.4 Å². The van der Waals surface area contributed by atoms with Crippen LogP contribution in [0.1, 0.15) is 25.3 Å². The minimum atomic E-state index is -0.245. The van der Waals surface area contributed by atoms with E-state index in [1.807, 2.05) is 6.07 Å². The fourth-order valence-electron chi connectivity index (χ4n) is 1.27. The average Bonchev–Trinajstić information content (AvgIpc) is 2.12. The highest BCUT2D eigenvalue weighted by atomic mass is 79.9. The number of Topliss-reactive ketones (excluding diaryl/α,β-unsaturated/α-hetero) is 1. The number of carbonyl (C=O) groups excluding carboxylic acids is 1. The Morgan fingerprint density at radius 3 is 2.86 bits per heavy atom. The van der Waals surface area contributed by atoms with Gasteiger partial charge in [-0.2, -0.15) is 0 Å². The lowest BCUT2D eigenvalue weighted by Gasteiger charge is -2.03. The Labute approximate surface area is 91.5 Å². The number of ketones is 1. The molecule has 1 rings (SSSR count). The molecule has 0 fully saturated rings. The summed E-state index contributed by atoms with van der Waals surface area (Å²) in [6, 6.07) is 4.97. The molecule has 0 bridgehead atoms. The second-order valence-corrected chi connectivity index (χ2v) is 4.06. The van der Waals surface area contributed by atoms with Gasteiger partial charge in [-0.05, 0) is 47.3 Å². The van der Waals surface area contributed by atoms with Crippen LogP contribution in [0.15, 0.2) is 22.7 Å². The predicted octanol–water partition coefficient (Wildman–Crippen LogP) is 3.50. The van der Waals surface area contributed by atoms with E-state index in [4.69, 9.17) is 0 Å². The van der Waals surface area contributed by atoms with Gasteiger partial charge in [0.15, 0.2) is 0 Å². The molecule has 76 valence electrons. The second-order valence-electron chi connectivity index (χ2n) is 3.27. The van der Waals surface area contributed by atoms with Crippen molar-refractivity contribution in [3.63, 3.8) is 0 Å². The summed E-state index contributed by atoms with van der Waals surface area (Å²) in [5, 5.41) is 0. The van der Waals surface area contributed by atoms with Crippen LogP contribution < -0.4 is 0 Å². The van der Waals surface area contributed by atoms with Gasteiger partial charge >= 0.3 is 0 Å². The maximum atomic E-state index is 13.1. The summed E-state index contributed by atoms with van der Waals surface area (Å²) >= 11 is 3.19. The van der Waals surface area contributed by atoms with Crippen LogP contribution in [0, 0.1) is 5.82 Å². The first-order valence-corrected chi connectivity index (χ1v) is 5.33. The van der Waals surface area contributed by atoms with Gasteiger partial charge in [0.1, 0.15) is 11.6 Å². The van der Waals surface area contributed by atoms with E-state index in [1.54, 1.807) is 13.0 Å². The molecule has 0 heterocycles. The fraction of sp³-hybridized carbons (Fsp3) is 0.364. The summed E-state index contributed by atoms with van der Waals surface area (Å²) in [6.07, 6.45) is 2.07. The summed E-state index contributed by atoms with van der Waals surface area (Å²) in [5.41, 5.74) is 0.922. The summed E-state index contributed by atoms with van der Waals surface area (Å²) in [4.78, 5) is 10.7. The van der Waals surface area contributed by atoms with E-state index in [1.165, 1.54) is 6.07 Å². The minimum Gasteiger partial charge on any atom is -0.300 e. The molecule has 0 spiro atoms. The molecular formula is C11H12BrFO. The highest BCUT2D eigenvalue weighted by molar-refractivity contribution is 9.10. The van der Waals surface area contributed by atoms with Gasteiger partial charge in [-0.25, -0.2) is 4.39 Å². The minimum absolute atomic E-state index is 0.178. The number of halogens is 2. The van der Waals surface area contributed by atoms with Gasteiger partial charge in [-0.15, -0.1) is 0 Å². The first-order chi connectivity index (χ1) is 6.61. The molecule has 0 unspecified atom stereocenters. The van der Waals surface area contributed by atoms with Crippen molar-refractivity contribution in [1.29, 1.82) is 0 Å². The SMILES string of the molecule is CC(=O)CCCc1cccc(F)c1Br. The maximum Gasteiger partial charge on any atom is 0.137 e. The average molecular weight is 259 g/mol. The Morgan fingerprint density at radius 1 is 1.50 bits per heavy atom. The Hall–Kier alpha value is -0.700. The maximum absolute atomic E-state index is 13.1. The monoisotopic (exact) mass is 258 g/mol. The van der Waals surface area contributed by atoms with Crippen molar-refractivity contribution in [1.82, 2.24) is 0 Å². The lowest BCUT2D eigenvalue weighted by molar-refractivity contribution is -0.117. The number of carbonyl (C=O) groups is 1. The molecule has 0 aliphatic heterocycles. The molecule has 0 aliphatic carbocycles. The third-order valence-electron chi connectivity index (χ3n) is 2.01. The van der Waals surface area contributed by atoms with Crippen molar-refractivity contribution in [2.45, 2.75) is 26.2 Å². The van der Waals surface area contributed by atoms with Crippen LogP contribution in [0.5, 0.6) is 0 Å². The van der Waals surface area contributed by atoms with E-state index < -0.39 is 0 Å². The van der Waals surface area contributed by atoms with Crippen LogP contribution >= 0.6 is 15.9 Å². The summed E-state index contributed by atoms with van der Waals surface area (Å²) < 4.78 is 13.6. The molecule has 0 atom stereocenters. The lowest BCUT2D eigenvalue weighted by atomic mass is 10.1. The van der Waals surface area contributed by atoms with E-state index in [-0.39, 0.29) is 11.6 Å². The molecule has 0 amide bonds. The first kappa shape index (κ1) is 11.4. The van der Waals surface area contributed by atoms with Crippen LogP contribution in [0.2, 0.25) is 0 Å². The molecule has 0 N–H and O–H groups in total. The Balaban J connectivity index is 2.59. The van der Waals surface area contributed by atoms with Gasteiger partial charge in [0, 0.05) is 6.42 Å². The van der Waals surface area contributed by atoms with Gasteiger partial charge in [0.05, 0.1) is 4.47 Å². The van der Waals surface area contributed by atoms with Crippen molar-refractivity contribution >= 4 is 21.7 Å². The lowest BCUT2D eigenvalue weighted by Crippen LogP contribution is -1.94. The standard InChI is InChI=1S/C11H12BrFO/c1-8(14)4-2-5-9-6-3-7-10(13)11(9)12/h3,6-7H,2,4-5H2,1H3.